The molecule has 1 atom stereocenters. The van der Waals surface area contributed by atoms with Crippen molar-refractivity contribution in [2.45, 2.75) is 144 Å². The molecular formula is C70H80N2O2. The first-order valence-electron chi connectivity index (χ1n) is 27.8. The van der Waals surface area contributed by atoms with E-state index < -0.39 is 0 Å². The van der Waals surface area contributed by atoms with Gasteiger partial charge in [-0.1, -0.05) is 209 Å². The monoisotopic (exact) mass is 981 g/mol. The molecule has 74 heavy (non-hydrogen) atoms. The minimum atomic E-state index is 0.382. The van der Waals surface area contributed by atoms with Crippen molar-refractivity contribution in [3.8, 4) is 0 Å². The summed E-state index contributed by atoms with van der Waals surface area (Å²) in [6, 6.07) is 35.5. The van der Waals surface area contributed by atoms with Crippen LogP contribution in [0.15, 0.2) is 173 Å². The number of para-hydroxylation sites is 4. The van der Waals surface area contributed by atoms with Crippen LogP contribution in [0.4, 0.5) is 17.1 Å². The third-order valence-corrected chi connectivity index (χ3v) is 15.6. The summed E-state index contributed by atoms with van der Waals surface area (Å²) < 4.78 is 14.2. The average Bonchev–Trinajstić information content (AvgIpc) is 4.22. The lowest BCUT2D eigenvalue weighted by Crippen LogP contribution is -2.17. The van der Waals surface area contributed by atoms with Crippen molar-refractivity contribution in [3.63, 3.8) is 0 Å². The van der Waals surface area contributed by atoms with Gasteiger partial charge in [-0.15, -0.1) is 0 Å². The van der Waals surface area contributed by atoms with Crippen LogP contribution in [0.3, 0.4) is 0 Å². The minimum absolute atomic E-state index is 0.382. The largest absolute Gasteiger partial charge is 0.454 e. The van der Waals surface area contributed by atoms with Gasteiger partial charge in [0.15, 0.2) is 11.2 Å². The second-order valence-corrected chi connectivity index (χ2v) is 20.1. The molecule has 0 aliphatic heterocycles. The highest BCUT2D eigenvalue weighted by Crippen LogP contribution is 2.47. The Hall–Kier alpha value is -7.04. The van der Waals surface area contributed by atoms with Gasteiger partial charge in [0.05, 0.1) is 17.1 Å². The lowest BCUT2D eigenvalue weighted by atomic mass is 9.92. The summed E-state index contributed by atoms with van der Waals surface area (Å²) in [5, 5.41) is 6.75. The summed E-state index contributed by atoms with van der Waals surface area (Å²) >= 11 is 0. The summed E-state index contributed by atoms with van der Waals surface area (Å²) in [6.45, 7) is 35.4. The van der Waals surface area contributed by atoms with Gasteiger partial charge in [-0.25, -0.2) is 0 Å². The summed E-state index contributed by atoms with van der Waals surface area (Å²) in [6.07, 6.45) is 25.7. The maximum Gasteiger partial charge on any atom is 0.159 e. The molecule has 1 saturated carbocycles. The van der Waals surface area contributed by atoms with Gasteiger partial charge < -0.3 is 18.6 Å². The van der Waals surface area contributed by atoms with E-state index in [1.165, 1.54) is 66.2 Å². The average molecular weight is 981 g/mol. The third kappa shape index (κ3) is 10.5. The zero-order valence-corrected chi connectivity index (χ0v) is 45.9. The molecule has 0 radical (unpaired) electrons. The van der Waals surface area contributed by atoms with E-state index >= 15 is 0 Å². The maximum absolute atomic E-state index is 7.18. The normalized spacial score (nSPS) is 13.8. The van der Waals surface area contributed by atoms with E-state index in [-0.39, 0.29) is 0 Å². The van der Waals surface area contributed by atoms with Crippen LogP contribution in [0, 0.1) is 0 Å². The molecule has 0 amide bonds. The molecule has 382 valence electrons. The highest BCUT2D eigenvalue weighted by Gasteiger charge is 2.26. The van der Waals surface area contributed by atoms with Crippen LogP contribution in [0.5, 0.6) is 0 Å². The van der Waals surface area contributed by atoms with Crippen molar-refractivity contribution >= 4 is 89.9 Å². The Labute approximate surface area is 442 Å². The van der Waals surface area contributed by atoms with Crippen molar-refractivity contribution in [3.05, 3.63) is 192 Å². The number of nitrogens with zero attached hydrogens (tertiary/aromatic N) is 2. The van der Waals surface area contributed by atoms with Gasteiger partial charge in [-0.05, 0) is 134 Å². The molecule has 6 aromatic carbocycles. The predicted molar refractivity (Wildman–Crippen MR) is 326 cm³/mol. The summed E-state index contributed by atoms with van der Waals surface area (Å²) in [4.78, 5) is 4.69. The van der Waals surface area contributed by atoms with Gasteiger partial charge in [-0.3, -0.25) is 0 Å². The summed E-state index contributed by atoms with van der Waals surface area (Å²) in [5.41, 5.74) is 17.2. The van der Waals surface area contributed by atoms with E-state index in [4.69, 9.17) is 15.4 Å². The van der Waals surface area contributed by atoms with Crippen LogP contribution >= 0.6 is 0 Å². The molecular weight excluding hydrogens is 901 g/mol. The van der Waals surface area contributed by atoms with E-state index in [1.54, 1.807) is 0 Å². The molecule has 2 aromatic heterocycles. The van der Waals surface area contributed by atoms with E-state index in [0.29, 0.717) is 11.8 Å². The summed E-state index contributed by atoms with van der Waals surface area (Å²) in [7, 11) is 0. The van der Waals surface area contributed by atoms with Crippen molar-refractivity contribution in [1.82, 2.24) is 0 Å². The molecule has 1 aliphatic rings. The highest BCUT2D eigenvalue weighted by atomic mass is 16.3. The Kier molecular flexibility index (Phi) is 17.5. The smallest absolute Gasteiger partial charge is 0.159 e. The lowest BCUT2D eigenvalue weighted by molar-refractivity contribution is 0.606. The van der Waals surface area contributed by atoms with Crippen molar-refractivity contribution in [1.29, 1.82) is 0 Å². The molecule has 2 heterocycles. The molecule has 1 aliphatic carbocycles. The molecule has 0 bridgehead atoms. The number of benzene rings is 6. The molecule has 0 spiro atoms. The lowest BCUT2D eigenvalue weighted by Gasteiger charge is -2.29. The van der Waals surface area contributed by atoms with Crippen LogP contribution in [-0.2, 0) is 0 Å². The SMILES string of the molecule is C=Cc1ccc2c(N(/C(=C/C=C(\C)CC)CC)c3cccc4c3oc3c(C(C)CCCC)cccc34)ccc(C=C)c2c1/C=C/N(C(=C)CCC(=C)CC)c1cccc2c1oc1c(C3CCCC3)cccc12.CC. The standard InChI is InChI=1S/C68H74N2O2.C2H6/c1-11-17-24-47(9)53-27-20-29-56-59-32-23-34-63(68(59)71-65(53)56)70(52(16-6)40-36-46(8)13-3)61-42-39-50(15-5)64-54(49(14-4)38-41-60(61)64)43-44-69(48(10)37-35-45(7)12-2)62-33-22-31-58-57-30-21-28-55(51-25-18-19-26-51)66(57)72-67(58)62;1-2/h14-15,20-23,27-34,36,38-44,47,51H,4-5,7,10-13,16-19,24-26,35,37H2,1-3,6,8-9H3;1-2H3/b44-43+,46-36+,52-40+;. The second-order valence-electron chi connectivity index (χ2n) is 20.1. The molecule has 8 aromatic rings. The van der Waals surface area contributed by atoms with E-state index in [1.807, 2.05) is 26.0 Å². The number of anilines is 3. The summed E-state index contributed by atoms with van der Waals surface area (Å²) in [5.74, 6) is 0.907. The fourth-order valence-corrected chi connectivity index (χ4v) is 11.1. The number of hydrogen-bond donors (Lipinski definition) is 0. The number of hydrogen-bond acceptors (Lipinski definition) is 4. The van der Waals surface area contributed by atoms with Gasteiger partial charge in [0.1, 0.15) is 11.2 Å². The van der Waals surface area contributed by atoms with Crippen molar-refractivity contribution in [2.75, 3.05) is 9.80 Å². The predicted octanol–water partition coefficient (Wildman–Crippen LogP) is 22.4. The van der Waals surface area contributed by atoms with Crippen LogP contribution < -0.4 is 9.80 Å². The molecule has 0 N–H and O–H groups in total. The number of unbranched alkanes of at least 4 members (excludes halogenated alkanes) is 1. The van der Waals surface area contributed by atoms with Gasteiger partial charge >= 0.3 is 0 Å². The quantitative estimate of drug-likeness (QED) is 0.0531. The van der Waals surface area contributed by atoms with Crippen LogP contribution in [0.1, 0.15) is 172 Å². The van der Waals surface area contributed by atoms with Crippen LogP contribution in [0.25, 0.3) is 72.9 Å². The Morgan fingerprint density at radius 1 is 0.649 bits per heavy atom. The Bertz CT molecular complexity index is 3430. The number of rotatable bonds is 21. The Morgan fingerprint density at radius 3 is 1.93 bits per heavy atom. The first kappa shape index (κ1) is 53.3. The fourth-order valence-electron chi connectivity index (χ4n) is 11.1. The molecule has 4 heteroatoms. The second kappa shape index (κ2) is 24.3. The molecule has 1 fully saturated rings. The zero-order valence-electron chi connectivity index (χ0n) is 45.9. The number of fused-ring (bicyclic) bond motifs is 7. The molecule has 0 saturated heterocycles. The number of allylic oxidation sites excluding steroid dienone is 6. The molecule has 9 rings (SSSR count). The molecule has 4 nitrogen and oxygen atoms in total. The van der Waals surface area contributed by atoms with Crippen LogP contribution in [0.2, 0.25) is 0 Å². The van der Waals surface area contributed by atoms with Gasteiger partial charge in [-0.2, -0.15) is 0 Å². The maximum atomic E-state index is 7.18. The first-order chi connectivity index (χ1) is 36.1. The molecule has 1 unspecified atom stereocenters. The third-order valence-electron chi connectivity index (χ3n) is 15.6. The van der Waals surface area contributed by atoms with Crippen molar-refractivity contribution in [2.24, 2.45) is 0 Å². The van der Waals surface area contributed by atoms with Gasteiger partial charge in [0.2, 0.25) is 0 Å². The zero-order chi connectivity index (χ0) is 52.5. The van der Waals surface area contributed by atoms with E-state index in [9.17, 15) is 0 Å². The Balaban J connectivity index is 0.00000360. The first-order valence-corrected chi connectivity index (χ1v) is 27.8. The van der Waals surface area contributed by atoms with Crippen molar-refractivity contribution < 1.29 is 8.83 Å². The fraction of sp³-hybridized carbons (Fsp3) is 0.314. The van der Waals surface area contributed by atoms with Crippen LogP contribution in [-0.4, -0.2) is 0 Å². The topological polar surface area (TPSA) is 32.8 Å². The number of furan rings is 2. The minimum Gasteiger partial charge on any atom is -0.454 e. The van der Waals surface area contributed by atoms with E-state index in [0.717, 1.165) is 133 Å². The Morgan fingerprint density at radius 2 is 1.27 bits per heavy atom. The van der Waals surface area contributed by atoms with Gasteiger partial charge in [0, 0.05) is 44.5 Å². The van der Waals surface area contributed by atoms with E-state index in [2.05, 4.69) is 193 Å². The highest BCUT2D eigenvalue weighted by molar-refractivity contribution is 6.14. The van der Waals surface area contributed by atoms with Gasteiger partial charge in [0.25, 0.3) is 0 Å².